The summed E-state index contributed by atoms with van der Waals surface area (Å²) >= 11 is 0. The fourth-order valence-corrected chi connectivity index (χ4v) is 3.69. The van der Waals surface area contributed by atoms with Crippen LogP contribution in [0.2, 0.25) is 0 Å². The third kappa shape index (κ3) is 5.25. The number of carboxylic acids is 1. The van der Waals surface area contributed by atoms with E-state index >= 15 is 0 Å². The summed E-state index contributed by atoms with van der Waals surface area (Å²) in [5, 5.41) is 10.7. The zero-order valence-electron chi connectivity index (χ0n) is 18.2. The molecule has 5 atom stereocenters. The zero-order chi connectivity index (χ0) is 22.6. The van der Waals surface area contributed by atoms with Crippen LogP contribution in [0.5, 0.6) is 0 Å². The molecule has 0 radical (unpaired) electrons. The largest absolute Gasteiger partial charge is 0.475 e. The van der Waals surface area contributed by atoms with Crippen LogP contribution in [0, 0.1) is 5.92 Å². The molecule has 1 fully saturated rings. The van der Waals surface area contributed by atoms with E-state index in [9.17, 15) is 14.4 Å². The SMILES string of the molecule is C=CC(=O)OC1CC(C)(CC)N(OC(C)C(=O)OC(=C)C(=O)O)C(C)(CC)C1C. The maximum absolute atomic E-state index is 12.3. The van der Waals surface area contributed by atoms with Crippen LogP contribution < -0.4 is 0 Å². The first-order valence-electron chi connectivity index (χ1n) is 9.80. The summed E-state index contributed by atoms with van der Waals surface area (Å²) in [5.41, 5.74) is -1.10. The highest BCUT2D eigenvalue weighted by Gasteiger charge is 2.55. The molecule has 1 aliphatic rings. The number of carbonyl (C=O) groups is 3. The number of carbonyl (C=O) groups excluding carboxylic acids is 2. The summed E-state index contributed by atoms with van der Waals surface area (Å²) in [6.07, 6.45) is 1.59. The molecular weight excluding hydrogens is 378 g/mol. The van der Waals surface area contributed by atoms with Gasteiger partial charge < -0.3 is 14.6 Å². The lowest BCUT2D eigenvalue weighted by atomic mass is 9.69. The molecule has 5 unspecified atom stereocenters. The number of rotatable bonds is 9. The molecule has 0 spiro atoms. The predicted molar refractivity (Wildman–Crippen MR) is 107 cm³/mol. The molecule has 164 valence electrons. The molecule has 1 N–H and O–H groups in total. The van der Waals surface area contributed by atoms with E-state index in [0.29, 0.717) is 19.3 Å². The van der Waals surface area contributed by atoms with Crippen molar-refractivity contribution in [1.29, 1.82) is 0 Å². The molecule has 1 saturated heterocycles. The summed E-state index contributed by atoms with van der Waals surface area (Å²) in [7, 11) is 0. The van der Waals surface area contributed by atoms with Gasteiger partial charge in [-0.15, -0.1) is 0 Å². The Kier molecular flexibility index (Phi) is 8.17. The highest BCUT2D eigenvalue weighted by molar-refractivity contribution is 5.88. The molecule has 8 heteroatoms. The van der Waals surface area contributed by atoms with Crippen molar-refractivity contribution >= 4 is 17.9 Å². The highest BCUT2D eigenvalue weighted by atomic mass is 16.7. The van der Waals surface area contributed by atoms with Gasteiger partial charge in [-0.1, -0.05) is 27.4 Å². The van der Waals surface area contributed by atoms with E-state index < -0.39 is 40.8 Å². The number of carboxylic acid groups (broad SMARTS) is 1. The van der Waals surface area contributed by atoms with Gasteiger partial charge in [-0.2, -0.15) is 5.06 Å². The summed E-state index contributed by atoms with van der Waals surface area (Å²) < 4.78 is 10.4. The molecule has 0 amide bonds. The van der Waals surface area contributed by atoms with Gasteiger partial charge in [0.25, 0.3) is 0 Å². The highest BCUT2D eigenvalue weighted by Crippen LogP contribution is 2.47. The number of ether oxygens (including phenoxy) is 2. The zero-order valence-corrected chi connectivity index (χ0v) is 18.2. The van der Waals surface area contributed by atoms with Crippen molar-refractivity contribution in [3.05, 3.63) is 25.0 Å². The third-order valence-electron chi connectivity index (χ3n) is 6.10. The lowest BCUT2D eigenvalue weighted by molar-refractivity contribution is -0.331. The fourth-order valence-electron chi connectivity index (χ4n) is 3.69. The van der Waals surface area contributed by atoms with Crippen LogP contribution in [0.1, 0.15) is 60.8 Å². The average Bonchev–Trinajstić information content (AvgIpc) is 2.68. The number of hydrogen-bond acceptors (Lipinski definition) is 7. The van der Waals surface area contributed by atoms with E-state index in [4.69, 9.17) is 19.4 Å². The Labute approximate surface area is 172 Å². The van der Waals surface area contributed by atoms with E-state index in [1.165, 1.54) is 6.92 Å². The van der Waals surface area contributed by atoms with Gasteiger partial charge in [0.05, 0.1) is 0 Å². The van der Waals surface area contributed by atoms with Crippen LogP contribution in [-0.4, -0.2) is 51.4 Å². The van der Waals surface area contributed by atoms with Crippen LogP contribution in [0.3, 0.4) is 0 Å². The summed E-state index contributed by atoms with van der Waals surface area (Å²) in [6.45, 7) is 18.1. The van der Waals surface area contributed by atoms with Crippen LogP contribution in [0.4, 0.5) is 0 Å². The molecule has 0 aromatic rings. The van der Waals surface area contributed by atoms with Gasteiger partial charge in [-0.3, -0.25) is 4.84 Å². The average molecular weight is 411 g/mol. The third-order valence-corrected chi connectivity index (χ3v) is 6.10. The smallest absolute Gasteiger partial charge is 0.371 e. The number of aliphatic carboxylic acids is 1. The Hall–Kier alpha value is -2.19. The molecule has 1 rings (SSSR count). The normalized spacial score (nSPS) is 30.8. The van der Waals surface area contributed by atoms with E-state index in [0.717, 1.165) is 6.08 Å². The second-order valence-corrected chi connectivity index (χ2v) is 7.92. The molecule has 1 aliphatic heterocycles. The molecule has 0 bridgehead atoms. The lowest BCUT2D eigenvalue weighted by Gasteiger charge is -2.59. The van der Waals surface area contributed by atoms with Crippen molar-refractivity contribution in [2.75, 3.05) is 0 Å². The first-order chi connectivity index (χ1) is 13.4. The Morgan fingerprint density at radius 2 is 1.86 bits per heavy atom. The van der Waals surface area contributed by atoms with Gasteiger partial charge in [0, 0.05) is 29.5 Å². The quantitative estimate of drug-likeness (QED) is 0.350. The minimum atomic E-state index is -1.42. The van der Waals surface area contributed by atoms with Gasteiger partial charge in [0.15, 0.2) is 6.10 Å². The van der Waals surface area contributed by atoms with E-state index in [1.807, 2.05) is 34.6 Å². The minimum Gasteiger partial charge on any atom is -0.475 e. The summed E-state index contributed by atoms with van der Waals surface area (Å²) in [4.78, 5) is 41.0. The number of nitrogens with zero attached hydrogens (tertiary/aromatic N) is 1. The van der Waals surface area contributed by atoms with E-state index in [1.54, 1.807) is 5.06 Å². The van der Waals surface area contributed by atoms with Crippen molar-refractivity contribution < 1.29 is 33.8 Å². The second-order valence-electron chi connectivity index (χ2n) is 7.92. The predicted octanol–water partition coefficient (Wildman–Crippen LogP) is 3.23. The number of hydroxylamine groups is 2. The first-order valence-corrected chi connectivity index (χ1v) is 9.80. The van der Waals surface area contributed by atoms with Gasteiger partial charge in [0.1, 0.15) is 6.10 Å². The van der Waals surface area contributed by atoms with Crippen molar-refractivity contribution in [3.8, 4) is 0 Å². The molecule has 8 nitrogen and oxygen atoms in total. The lowest BCUT2D eigenvalue weighted by Crippen LogP contribution is -2.68. The van der Waals surface area contributed by atoms with E-state index in [2.05, 4.69) is 13.2 Å². The minimum absolute atomic E-state index is 0.103. The standard InChI is InChI=1S/C21H33NO7/c1-9-17(23)28-16-12-20(7,10-2)22(21(8,11-3)13(16)4)29-15(6)19(26)27-14(5)18(24)25/h9,13,15-16H,1,5,10-12H2,2-4,6-8H3,(H,24,25). The van der Waals surface area contributed by atoms with Crippen molar-refractivity contribution in [3.63, 3.8) is 0 Å². The van der Waals surface area contributed by atoms with Crippen LogP contribution in [0.25, 0.3) is 0 Å². The molecule has 0 saturated carbocycles. The maximum Gasteiger partial charge on any atom is 0.371 e. The van der Waals surface area contributed by atoms with Crippen LogP contribution in [-0.2, 0) is 28.7 Å². The molecule has 0 aliphatic carbocycles. The summed E-state index contributed by atoms with van der Waals surface area (Å²) in [6, 6.07) is 0. The Morgan fingerprint density at radius 1 is 1.28 bits per heavy atom. The number of hydrogen-bond donors (Lipinski definition) is 1. The molecular formula is C21H33NO7. The van der Waals surface area contributed by atoms with Crippen molar-refractivity contribution in [2.24, 2.45) is 5.92 Å². The number of piperidine rings is 1. The second kappa shape index (κ2) is 9.54. The van der Waals surface area contributed by atoms with Gasteiger partial charge >= 0.3 is 17.9 Å². The fraction of sp³-hybridized carbons (Fsp3) is 0.667. The van der Waals surface area contributed by atoms with Crippen molar-refractivity contribution in [2.45, 2.75) is 84.1 Å². The molecule has 29 heavy (non-hydrogen) atoms. The molecule has 0 aromatic carbocycles. The van der Waals surface area contributed by atoms with E-state index in [-0.39, 0.29) is 12.0 Å². The monoisotopic (exact) mass is 411 g/mol. The maximum atomic E-state index is 12.3. The topological polar surface area (TPSA) is 102 Å². The van der Waals surface area contributed by atoms with Crippen LogP contribution >= 0.6 is 0 Å². The van der Waals surface area contributed by atoms with Crippen LogP contribution in [0.15, 0.2) is 25.0 Å². The molecule has 0 aromatic heterocycles. The first kappa shape index (κ1) is 24.8. The summed E-state index contributed by atoms with van der Waals surface area (Å²) in [5.74, 6) is -3.50. The van der Waals surface area contributed by atoms with Gasteiger partial charge in [-0.05, 0) is 40.2 Å². The Bertz CT molecular complexity index is 676. The van der Waals surface area contributed by atoms with Gasteiger partial charge in [0.2, 0.25) is 5.76 Å². The number of esters is 2. The van der Waals surface area contributed by atoms with Gasteiger partial charge in [-0.25, -0.2) is 14.4 Å². The Morgan fingerprint density at radius 3 is 2.31 bits per heavy atom. The van der Waals surface area contributed by atoms with Crippen molar-refractivity contribution in [1.82, 2.24) is 5.06 Å². The Balaban J connectivity index is 3.17. The molecule has 1 heterocycles.